The summed E-state index contributed by atoms with van der Waals surface area (Å²) in [6, 6.07) is 19.8. The van der Waals surface area contributed by atoms with Gasteiger partial charge in [0.1, 0.15) is 5.75 Å². The lowest BCUT2D eigenvalue weighted by Gasteiger charge is -2.10. The highest BCUT2D eigenvalue weighted by Gasteiger charge is 2.30. The minimum Gasteiger partial charge on any atom is -0.484 e. The molecular weight excluding hydrogens is 433 g/mol. The van der Waals surface area contributed by atoms with Gasteiger partial charge in [-0.1, -0.05) is 36.1 Å². The Morgan fingerprint density at radius 2 is 1.64 bits per heavy atom. The quantitative estimate of drug-likeness (QED) is 0.541. The smallest absolute Gasteiger partial charge is 0.416 e. The van der Waals surface area contributed by atoms with Crippen LogP contribution in [0.25, 0.3) is 0 Å². The first kappa shape index (κ1) is 23.4. The fourth-order valence-corrected chi connectivity index (χ4v) is 2.72. The molecule has 2 N–H and O–H groups in total. The summed E-state index contributed by atoms with van der Waals surface area (Å²) in [6.45, 7) is -0.224. The number of halogens is 3. The first-order valence-corrected chi connectivity index (χ1v) is 9.83. The number of anilines is 1. The Balaban J connectivity index is 1.46. The zero-order valence-corrected chi connectivity index (χ0v) is 17.3. The summed E-state index contributed by atoms with van der Waals surface area (Å²) >= 11 is 0. The molecule has 0 aromatic heterocycles. The number of ether oxygens (including phenoxy) is 1. The van der Waals surface area contributed by atoms with Crippen LogP contribution in [0.5, 0.6) is 5.75 Å². The van der Waals surface area contributed by atoms with Crippen molar-refractivity contribution in [3.05, 3.63) is 95.6 Å². The minimum atomic E-state index is -4.50. The van der Waals surface area contributed by atoms with Gasteiger partial charge in [0.25, 0.3) is 11.8 Å². The molecule has 0 aliphatic rings. The van der Waals surface area contributed by atoms with E-state index in [1.807, 2.05) is 30.3 Å². The molecule has 3 rings (SSSR count). The maximum Gasteiger partial charge on any atom is 0.416 e. The molecule has 5 nitrogen and oxygen atoms in total. The van der Waals surface area contributed by atoms with E-state index >= 15 is 0 Å². The number of amides is 2. The zero-order valence-electron chi connectivity index (χ0n) is 17.3. The third kappa shape index (κ3) is 7.43. The van der Waals surface area contributed by atoms with Gasteiger partial charge in [0.15, 0.2) is 6.61 Å². The van der Waals surface area contributed by atoms with Crippen LogP contribution in [0.2, 0.25) is 0 Å². The molecule has 2 amide bonds. The fourth-order valence-electron chi connectivity index (χ4n) is 2.72. The van der Waals surface area contributed by atoms with Crippen LogP contribution in [0.3, 0.4) is 0 Å². The van der Waals surface area contributed by atoms with Crippen LogP contribution in [0, 0.1) is 11.8 Å². The van der Waals surface area contributed by atoms with Crippen molar-refractivity contribution in [1.29, 1.82) is 0 Å². The lowest BCUT2D eigenvalue weighted by molar-refractivity contribution is -0.137. The van der Waals surface area contributed by atoms with Gasteiger partial charge >= 0.3 is 6.18 Å². The van der Waals surface area contributed by atoms with Gasteiger partial charge in [-0.05, 0) is 54.6 Å². The fraction of sp³-hybridized carbons (Fsp3) is 0.120. The summed E-state index contributed by atoms with van der Waals surface area (Å²) in [5.74, 6) is 5.20. The molecule has 0 unspecified atom stereocenters. The van der Waals surface area contributed by atoms with Crippen LogP contribution in [0.4, 0.5) is 18.9 Å². The summed E-state index contributed by atoms with van der Waals surface area (Å²) in [5.41, 5.74) is 0.393. The number of hydrogen-bond donors (Lipinski definition) is 2. The first-order valence-electron chi connectivity index (χ1n) is 9.83. The molecule has 0 saturated carbocycles. The normalized spacial score (nSPS) is 10.5. The monoisotopic (exact) mass is 452 g/mol. The summed E-state index contributed by atoms with van der Waals surface area (Å²) < 4.78 is 43.6. The highest BCUT2D eigenvalue weighted by molar-refractivity contribution is 5.94. The van der Waals surface area contributed by atoms with Crippen molar-refractivity contribution >= 4 is 17.5 Å². The van der Waals surface area contributed by atoms with E-state index < -0.39 is 24.3 Å². The van der Waals surface area contributed by atoms with E-state index in [0.717, 1.165) is 17.7 Å². The van der Waals surface area contributed by atoms with Crippen LogP contribution in [-0.4, -0.2) is 25.0 Å². The van der Waals surface area contributed by atoms with E-state index in [4.69, 9.17) is 4.74 Å². The lowest BCUT2D eigenvalue weighted by atomic mass is 10.2. The molecule has 0 fully saturated rings. The molecule has 33 heavy (non-hydrogen) atoms. The van der Waals surface area contributed by atoms with Crippen molar-refractivity contribution in [2.24, 2.45) is 0 Å². The summed E-state index contributed by atoms with van der Waals surface area (Å²) in [7, 11) is 0. The van der Waals surface area contributed by atoms with Crippen molar-refractivity contribution in [3.8, 4) is 17.6 Å². The van der Waals surface area contributed by atoms with Crippen LogP contribution < -0.4 is 15.4 Å². The molecule has 0 spiro atoms. The highest BCUT2D eigenvalue weighted by atomic mass is 19.4. The van der Waals surface area contributed by atoms with Gasteiger partial charge in [0.05, 0.1) is 12.1 Å². The predicted molar refractivity (Wildman–Crippen MR) is 118 cm³/mol. The Morgan fingerprint density at radius 3 is 2.33 bits per heavy atom. The standard InChI is InChI=1S/C25H19F3N2O3/c26-25(27,28)20-9-4-10-21(16-20)30-23(31)17-33-22-13-11-19(12-14-22)24(32)29-15-5-8-18-6-2-1-3-7-18/h1-4,6-7,9-14,16H,15,17H2,(H,29,32)(H,30,31). The number of benzene rings is 3. The van der Waals surface area contributed by atoms with Crippen LogP contribution in [0.1, 0.15) is 21.5 Å². The Labute approximate surface area is 188 Å². The van der Waals surface area contributed by atoms with Crippen LogP contribution >= 0.6 is 0 Å². The van der Waals surface area contributed by atoms with E-state index in [9.17, 15) is 22.8 Å². The Morgan fingerprint density at radius 1 is 0.909 bits per heavy atom. The molecule has 8 heteroatoms. The molecule has 168 valence electrons. The van der Waals surface area contributed by atoms with Gasteiger partial charge in [0, 0.05) is 16.8 Å². The Hall–Kier alpha value is -4.25. The van der Waals surface area contributed by atoms with E-state index in [0.29, 0.717) is 11.3 Å². The number of carbonyl (C=O) groups is 2. The second-order valence-corrected chi connectivity index (χ2v) is 6.79. The second kappa shape index (κ2) is 10.9. The molecular formula is C25H19F3N2O3. The van der Waals surface area contributed by atoms with Gasteiger partial charge in [-0.25, -0.2) is 0 Å². The van der Waals surface area contributed by atoms with Gasteiger partial charge in [-0.2, -0.15) is 13.2 Å². The van der Waals surface area contributed by atoms with Crippen LogP contribution in [-0.2, 0) is 11.0 Å². The van der Waals surface area contributed by atoms with E-state index in [-0.39, 0.29) is 18.1 Å². The molecule has 0 saturated heterocycles. The van der Waals surface area contributed by atoms with Crippen LogP contribution in [0.15, 0.2) is 78.9 Å². The first-order chi connectivity index (χ1) is 15.8. The lowest BCUT2D eigenvalue weighted by Crippen LogP contribution is -2.23. The Kier molecular flexibility index (Phi) is 7.71. The molecule has 0 bridgehead atoms. The second-order valence-electron chi connectivity index (χ2n) is 6.79. The largest absolute Gasteiger partial charge is 0.484 e. The molecule has 3 aromatic carbocycles. The number of carbonyl (C=O) groups excluding carboxylic acids is 2. The summed E-state index contributed by atoms with van der Waals surface area (Å²) in [5, 5.41) is 5.04. The van der Waals surface area contributed by atoms with Gasteiger partial charge in [-0.3, -0.25) is 9.59 Å². The molecule has 0 radical (unpaired) electrons. The van der Waals surface area contributed by atoms with E-state index in [1.165, 1.54) is 36.4 Å². The molecule has 0 aliphatic carbocycles. The average molecular weight is 452 g/mol. The maximum absolute atomic E-state index is 12.7. The van der Waals surface area contributed by atoms with Crippen molar-refractivity contribution < 1.29 is 27.5 Å². The van der Waals surface area contributed by atoms with Crippen molar-refractivity contribution in [2.45, 2.75) is 6.18 Å². The van der Waals surface area contributed by atoms with Crippen molar-refractivity contribution in [2.75, 3.05) is 18.5 Å². The third-order valence-electron chi connectivity index (χ3n) is 4.30. The number of alkyl halides is 3. The Bertz CT molecular complexity index is 1170. The van der Waals surface area contributed by atoms with E-state index in [2.05, 4.69) is 22.5 Å². The van der Waals surface area contributed by atoms with Gasteiger partial charge in [-0.15, -0.1) is 0 Å². The minimum absolute atomic E-state index is 0.0146. The molecule has 3 aromatic rings. The zero-order chi connectivity index (χ0) is 23.7. The van der Waals surface area contributed by atoms with Crippen molar-refractivity contribution in [1.82, 2.24) is 5.32 Å². The average Bonchev–Trinajstić information content (AvgIpc) is 2.81. The summed E-state index contributed by atoms with van der Waals surface area (Å²) in [6.07, 6.45) is -4.50. The molecule has 0 atom stereocenters. The van der Waals surface area contributed by atoms with Gasteiger partial charge in [0.2, 0.25) is 0 Å². The number of hydrogen-bond acceptors (Lipinski definition) is 3. The number of nitrogens with one attached hydrogen (secondary N) is 2. The topological polar surface area (TPSA) is 67.4 Å². The highest BCUT2D eigenvalue weighted by Crippen LogP contribution is 2.30. The third-order valence-corrected chi connectivity index (χ3v) is 4.30. The van der Waals surface area contributed by atoms with Gasteiger partial charge < -0.3 is 15.4 Å². The predicted octanol–water partition coefficient (Wildman–Crippen LogP) is 4.50. The summed E-state index contributed by atoms with van der Waals surface area (Å²) in [4.78, 5) is 24.1. The molecule has 0 aliphatic heterocycles. The van der Waals surface area contributed by atoms with E-state index in [1.54, 1.807) is 0 Å². The SMILES string of the molecule is O=C(COc1ccc(C(=O)NCC#Cc2ccccc2)cc1)Nc1cccc(C(F)(F)F)c1. The van der Waals surface area contributed by atoms with Crippen molar-refractivity contribution in [3.63, 3.8) is 0 Å². The molecule has 0 heterocycles. The maximum atomic E-state index is 12.7. The number of rotatable bonds is 6.